The van der Waals surface area contributed by atoms with Gasteiger partial charge in [0.05, 0.1) is 0 Å². The molecule has 336 valence electrons. The van der Waals surface area contributed by atoms with Crippen molar-refractivity contribution >= 4 is 17.9 Å². The Kier molecular flexibility index (Phi) is 44.5. The molecule has 0 aliphatic rings. The first kappa shape index (κ1) is 55.6. The molecule has 0 fully saturated rings. The molecule has 0 spiro atoms. The molecule has 0 N–H and O–H groups in total. The van der Waals surface area contributed by atoms with Gasteiger partial charge in [-0.15, -0.1) is 0 Å². The summed E-state index contributed by atoms with van der Waals surface area (Å²) in [7, 11) is 0. The molecular weight excluding hydrogens is 733 g/mol. The lowest BCUT2D eigenvalue weighted by molar-refractivity contribution is -0.167. The van der Waals surface area contributed by atoms with Crippen LogP contribution in [0.2, 0.25) is 0 Å². The Morgan fingerprint density at radius 2 is 0.763 bits per heavy atom. The lowest BCUT2D eigenvalue weighted by Gasteiger charge is -2.18. The second-order valence-corrected chi connectivity index (χ2v) is 15.7. The van der Waals surface area contributed by atoms with Crippen LogP contribution in [0.4, 0.5) is 0 Å². The monoisotopic (exact) mass is 821 g/mol. The minimum atomic E-state index is -0.805. The molecule has 0 aliphatic carbocycles. The second kappa shape index (κ2) is 47.3. The Bertz CT molecular complexity index is 1170. The maximum absolute atomic E-state index is 12.8. The Balaban J connectivity index is 4.49. The van der Waals surface area contributed by atoms with E-state index in [1.165, 1.54) is 96.3 Å². The van der Waals surface area contributed by atoms with E-state index in [4.69, 9.17) is 14.2 Å². The van der Waals surface area contributed by atoms with Crippen molar-refractivity contribution in [3.63, 3.8) is 0 Å². The van der Waals surface area contributed by atoms with E-state index in [2.05, 4.69) is 51.2 Å². The average molecular weight is 821 g/mol. The summed E-state index contributed by atoms with van der Waals surface area (Å²) < 4.78 is 16.7. The summed E-state index contributed by atoms with van der Waals surface area (Å²) in [5.74, 6) is -0.989. The molecular formula is C53H88O6. The quantitative estimate of drug-likeness (QED) is 0.0201. The van der Waals surface area contributed by atoms with Crippen molar-refractivity contribution in [2.75, 3.05) is 13.2 Å². The molecule has 0 aliphatic heterocycles. The molecule has 0 rings (SSSR count). The van der Waals surface area contributed by atoms with Crippen LogP contribution in [0.3, 0.4) is 0 Å². The van der Waals surface area contributed by atoms with Gasteiger partial charge in [-0.25, -0.2) is 0 Å². The van der Waals surface area contributed by atoms with E-state index in [-0.39, 0.29) is 37.5 Å². The van der Waals surface area contributed by atoms with Gasteiger partial charge in [0, 0.05) is 19.3 Å². The van der Waals surface area contributed by atoms with E-state index in [1.807, 2.05) is 54.7 Å². The van der Waals surface area contributed by atoms with Crippen LogP contribution in [0.5, 0.6) is 0 Å². The fourth-order valence-electron chi connectivity index (χ4n) is 6.45. The summed E-state index contributed by atoms with van der Waals surface area (Å²) in [6, 6.07) is 0. The van der Waals surface area contributed by atoms with E-state index in [0.29, 0.717) is 19.3 Å². The van der Waals surface area contributed by atoms with Crippen molar-refractivity contribution in [2.45, 2.75) is 219 Å². The summed E-state index contributed by atoms with van der Waals surface area (Å²) in [6.07, 6.45) is 60.0. The Morgan fingerprint density at radius 3 is 1.27 bits per heavy atom. The first-order chi connectivity index (χ1) is 29.0. The third-order valence-corrected chi connectivity index (χ3v) is 10.0. The number of rotatable bonds is 42. The summed E-state index contributed by atoms with van der Waals surface area (Å²) in [6.45, 7) is 6.31. The largest absolute Gasteiger partial charge is 0.462 e. The van der Waals surface area contributed by atoms with E-state index < -0.39 is 6.10 Å². The van der Waals surface area contributed by atoms with Gasteiger partial charge in [0.15, 0.2) is 6.10 Å². The van der Waals surface area contributed by atoms with Crippen LogP contribution in [0.25, 0.3) is 0 Å². The highest BCUT2D eigenvalue weighted by Gasteiger charge is 2.19. The van der Waals surface area contributed by atoms with Crippen LogP contribution >= 0.6 is 0 Å². The van der Waals surface area contributed by atoms with Gasteiger partial charge in [-0.05, 0) is 57.8 Å². The molecule has 0 aromatic heterocycles. The smallest absolute Gasteiger partial charge is 0.306 e. The average Bonchev–Trinajstić information content (AvgIpc) is 3.23. The first-order valence-corrected chi connectivity index (χ1v) is 24.2. The molecule has 6 heteroatoms. The van der Waals surface area contributed by atoms with E-state index in [0.717, 1.165) is 70.6 Å². The maximum atomic E-state index is 12.8. The topological polar surface area (TPSA) is 78.9 Å². The van der Waals surface area contributed by atoms with Crippen LogP contribution < -0.4 is 0 Å². The van der Waals surface area contributed by atoms with Crippen LogP contribution in [0.1, 0.15) is 213 Å². The summed E-state index contributed by atoms with van der Waals surface area (Å²) >= 11 is 0. The van der Waals surface area contributed by atoms with Crippen molar-refractivity contribution in [3.8, 4) is 0 Å². The van der Waals surface area contributed by atoms with Gasteiger partial charge in [-0.1, -0.05) is 221 Å². The Hall–Kier alpha value is -3.41. The lowest BCUT2D eigenvalue weighted by Crippen LogP contribution is -2.30. The highest BCUT2D eigenvalue weighted by Crippen LogP contribution is 2.15. The maximum Gasteiger partial charge on any atom is 0.306 e. The van der Waals surface area contributed by atoms with Crippen LogP contribution in [-0.4, -0.2) is 37.2 Å². The van der Waals surface area contributed by atoms with Crippen molar-refractivity contribution in [1.29, 1.82) is 0 Å². The number of hydrogen-bond donors (Lipinski definition) is 0. The molecule has 0 saturated carbocycles. The third kappa shape index (κ3) is 45.5. The van der Waals surface area contributed by atoms with E-state index in [1.54, 1.807) is 0 Å². The van der Waals surface area contributed by atoms with Crippen LogP contribution in [0.15, 0.2) is 85.1 Å². The molecule has 0 bridgehead atoms. The molecule has 0 heterocycles. The number of esters is 3. The number of allylic oxidation sites excluding steroid dienone is 14. The predicted molar refractivity (Wildman–Crippen MR) is 251 cm³/mol. The molecule has 0 radical (unpaired) electrons. The summed E-state index contributed by atoms with van der Waals surface area (Å²) in [5.41, 5.74) is 0. The fourth-order valence-corrected chi connectivity index (χ4v) is 6.45. The van der Waals surface area contributed by atoms with Crippen molar-refractivity contribution in [3.05, 3.63) is 85.1 Å². The molecule has 6 nitrogen and oxygen atoms in total. The molecule has 0 amide bonds. The number of carbonyl (C=O) groups excluding carboxylic acids is 3. The normalized spacial score (nSPS) is 12.8. The van der Waals surface area contributed by atoms with Gasteiger partial charge in [0.2, 0.25) is 0 Å². The fraction of sp³-hybridized carbons (Fsp3) is 0.679. The predicted octanol–water partition coefficient (Wildman–Crippen LogP) is 15.6. The number of ether oxygens (including phenoxy) is 3. The van der Waals surface area contributed by atoms with E-state index >= 15 is 0 Å². The standard InChI is InChI=1S/C53H88O6/c1-4-7-10-13-16-19-22-25-28-31-34-37-40-43-46-52(55)58-49-50(48-57-51(54)45-42-39-36-33-30-27-24-21-18-15-12-9-6-3)59-53(56)47-44-41-38-35-32-29-26-23-20-17-14-11-8-5-2/h7,9-10,12,15-16,18-19,21,24,27,30,33,36,50H,4-6,8,11,13-14,17,20,22-23,25-26,28-29,31-32,34-35,37-49H2,1-3H3/b10-7-,12-9-,18-15-,19-16-,24-21-,30-27-,36-33-. The molecule has 1 atom stereocenters. The van der Waals surface area contributed by atoms with Crippen LogP contribution in [0, 0.1) is 0 Å². The zero-order valence-corrected chi connectivity index (χ0v) is 38.2. The second-order valence-electron chi connectivity index (χ2n) is 15.7. The summed E-state index contributed by atoms with van der Waals surface area (Å²) in [5, 5.41) is 0. The zero-order valence-electron chi connectivity index (χ0n) is 38.2. The van der Waals surface area contributed by atoms with Gasteiger partial charge in [0.25, 0.3) is 0 Å². The van der Waals surface area contributed by atoms with Gasteiger partial charge in [-0.3, -0.25) is 14.4 Å². The minimum Gasteiger partial charge on any atom is -0.462 e. The number of unbranched alkanes of at least 4 members (excludes halogenated alkanes) is 21. The van der Waals surface area contributed by atoms with Gasteiger partial charge in [-0.2, -0.15) is 0 Å². The Labute approximate surface area is 363 Å². The minimum absolute atomic E-state index is 0.102. The van der Waals surface area contributed by atoms with Crippen molar-refractivity contribution in [2.24, 2.45) is 0 Å². The van der Waals surface area contributed by atoms with Crippen LogP contribution in [-0.2, 0) is 28.6 Å². The molecule has 0 aromatic rings. The third-order valence-electron chi connectivity index (χ3n) is 10.0. The number of carbonyl (C=O) groups is 3. The van der Waals surface area contributed by atoms with Gasteiger partial charge in [0.1, 0.15) is 13.2 Å². The van der Waals surface area contributed by atoms with Gasteiger partial charge >= 0.3 is 17.9 Å². The van der Waals surface area contributed by atoms with Crippen molar-refractivity contribution in [1.82, 2.24) is 0 Å². The number of hydrogen-bond acceptors (Lipinski definition) is 6. The molecule has 0 aromatic carbocycles. The first-order valence-electron chi connectivity index (χ1n) is 24.2. The SMILES string of the molecule is CC\C=C/C=C\C=C/C=C\C=C/CCCC(=O)OCC(COC(=O)CCCCCCCCC/C=C\C/C=C\CC)OC(=O)CCCCCCCCCCCCCCCC. The molecule has 0 saturated heterocycles. The molecule has 1 unspecified atom stereocenters. The highest BCUT2D eigenvalue weighted by atomic mass is 16.6. The lowest BCUT2D eigenvalue weighted by atomic mass is 10.0. The van der Waals surface area contributed by atoms with E-state index in [9.17, 15) is 14.4 Å². The summed E-state index contributed by atoms with van der Waals surface area (Å²) in [4.78, 5) is 37.8. The Morgan fingerprint density at radius 1 is 0.373 bits per heavy atom. The van der Waals surface area contributed by atoms with Gasteiger partial charge < -0.3 is 14.2 Å². The molecule has 59 heavy (non-hydrogen) atoms. The highest BCUT2D eigenvalue weighted by molar-refractivity contribution is 5.71. The van der Waals surface area contributed by atoms with Crippen molar-refractivity contribution < 1.29 is 28.6 Å². The zero-order chi connectivity index (χ0) is 43.0.